The van der Waals surface area contributed by atoms with Gasteiger partial charge in [0.25, 0.3) is 0 Å². The van der Waals surface area contributed by atoms with Crippen molar-refractivity contribution in [2.75, 3.05) is 10.6 Å². The van der Waals surface area contributed by atoms with Crippen LogP contribution in [0.4, 0.5) is 11.4 Å². The van der Waals surface area contributed by atoms with Crippen molar-refractivity contribution in [3.8, 4) is 0 Å². The molecule has 0 aromatic heterocycles. The first-order chi connectivity index (χ1) is 6.77. The van der Waals surface area contributed by atoms with E-state index in [1.54, 1.807) is 24.3 Å². The van der Waals surface area contributed by atoms with Gasteiger partial charge in [-0.25, -0.2) is 0 Å². The highest BCUT2D eigenvalue weighted by Gasteiger charge is 2.02. The molecule has 6 heteroatoms. The minimum atomic E-state index is -0.189. The number of alkyl halides is 1. The summed E-state index contributed by atoms with van der Waals surface area (Å²) in [5, 5.41) is 6.24. The molecule has 1 rings (SSSR count). The lowest BCUT2D eigenvalue weighted by molar-refractivity contribution is -0.113. The first kappa shape index (κ1) is 10.6. The van der Waals surface area contributed by atoms with Crippen LogP contribution in [0.1, 0.15) is 0 Å². The van der Waals surface area contributed by atoms with Crippen molar-refractivity contribution in [3.63, 3.8) is 0 Å². The molecule has 0 aliphatic rings. The summed E-state index contributed by atoms with van der Waals surface area (Å²) in [4.78, 5) is 13.7. The van der Waals surface area contributed by atoms with Crippen LogP contribution < -0.4 is 5.32 Å². The standard InChI is InChI=1S/C8H7BrN4O/c9-5-8(14)11-6-3-1-2-4-7(6)12-13-10/h1-4H,5H2,(H,11,14). The molecule has 0 heterocycles. The number of rotatable bonds is 3. The minimum Gasteiger partial charge on any atom is -0.325 e. The number of carbonyl (C=O) groups is 1. The van der Waals surface area contributed by atoms with E-state index < -0.39 is 0 Å². The maximum Gasteiger partial charge on any atom is 0.235 e. The molecule has 1 aromatic rings. The van der Waals surface area contributed by atoms with E-state index in [1.165, 1.54) is 0 Å². The molecule has 1 aromatic carbocycles. The van der Waals surface area contributed by atoms with Crippen LogP contribution in [0.25, 0.3) is 10.4 Å². The zero-order chi connectivity index (χ0) is 10.4. The number of para-hydroxylation sites is 1. The molecule has 1 N–H and O–H groups in total. The number of anilines is 1. The number of amides is 1. The fourth-order valence-corrected chi connectivity index (χ4v) is 1.04. The summed E-state index contributed by atoms with van der Waals surface area (Å²) in [6.07, 6.45) is 0. The number of azide groups is 1. The Hall–Kier alpha value is -1.52. The number of carbonyl (C=O) groups excluding carboxylic acids is 1. The summed E-state index contributed by atoms with van der Waals surface area (Å²) in [5.41, 5.74) is 9.19. The highest BCUT2D eigenvalue weighted by molar-refractivity contribution is 9.09. The van der Waals surface area contributed by atoms with Crippen molar-refractivity contribution in [2.45, 2.75) is 0 Å². The van der Waals surface area contributed by atoms with Crippen molar-refractivity contribution in [1.82, 2.24) is 0 Å². The lowest BCUT2D eigenvalue weighted by Gasteiger charge is -2.04. The van der Waals surface area contributed by atoms with Gasteiger partial charge in [-0.1, -0.05) is 39.2 Å². The smallest absolute Gasteiger partial charge is 0.235 e. The molecule has 0 spiro atoms. The Balaban J connectivity index is 2.95. The highest BCUT2D eigenvalue weighted by Crippen LogP contribution is 2.24. The molecule has 5 nitrogen and oxygen atoms in total. The van der Waals surface area contributed by atoms with Crippen LogP contribution in [-0.2, 0) is 4.79 Å². The molecule has 0 bridgehead atoms. The van der Waals surface area contributed by atoms with Crippen LogP contribution in [0.3, 0.4) is 0 Å². The molecular formula is C8H7BrN4O. The fourth-order valence-electron chi connectivity index (χ4n) is 0.898. The second-order valence-electron chi connectivity index (χ2n) is 2.39. The molecule has 0 unspecified atom stereocenters. The van der Waals surface area contributed by atoms with E-state index in [4.69, 9.17) is 5.53 Å². The predicted molar refractivity (Wildman–Crippen MR) is 57.7 cm³/mol. The van der Waals surface area contributed by atoms with Crippen LogP contribution in [0.15, 0.2) is 29.4 Å². The van der Waals surface area contributed by atoms with Gasteiger partial charge in [-0.2, -0.15) is 0 Å². The van der Waals surface area contributed by atoms with Gasteiger partial charge in [0.15, 0.2) is 0 Å². The zero-order valence-corrected chi connectivity index (χ0v) is 8.73. The number of hydrogen-bond donors (Lipinski definition) is 1. The second-order valence-corrected chi connectivity index (χ2v) is 2.95. The lowest BCUT2D eigenvalue weighted by Crippen LogP contribution is -2.12. The summed E-state index contributed by atoms with van der Waals surface area (Å²) in [6, 6.07) is 6.78. The Morgan fingerprint density at radius 1 is 1.57 bits per heavy atom. The molecular weight excluding hydrogens is 248 g/mol. The van der Waals surface area contributed by atoms with Gasteiger partial charge in [0.2, 0.25) is 5.91 Å². The van der Waals surface area contributed by atoms with Crippen molar-refractivity contribution in [3.05, 3.63) is 34.7 Å². The minimum absolute atomic E-state index is 0.189. The monoisotopic (exact) mass is 254 g/mol. The van der Waals surface area contributed by atoms with Gasteiger partial charge in [0.1, 0.15) is 0 Å². The van der Waals surface area contributed by atoms with Gasteiger partial charge in [-0.05, 0) is 11.6 Å². The van der Waals surface area contributed by atoms with E-state index in [0.717, 1.165) is 0 Å². The van der Waals surface area contributed by atoms with Crippen LogP contribution in [0.2, 0.25) is 0 Å². The zero-order valence-electron chi connectivity index (χ0n) is 7.14. The number of benzene rings is 1. The topological polar surface area (TPSA) is 77.9 Å². The van der Waals surface area contributed by atoms with Crippen LogP contribution in [0, 0.1) is 0 Å². The average Bonchev–Trinajstić information content (AvgIpc) is 2.21. The Kier molecular flexibility index (Phi) is 3.97. The summed E-state index contributed by atoms with van der Waals surface area (Å²) in [7, 11) is 0. The largest absolute Gasteiger partial charge is 0.325 e. The van der Waals surface area contributed by atoms with E-state index in [2.05, 4.69) is 31.3 Å². The van der Waals surface area contributed by atoms with Crippen molar-refractivity contribution >= 4 is 33.2 Å². The molecule has 0 fully saturated rings. The van der Waals surface area contributed by atoms with Crippen molar-refractivity contribution < 1.29 is 4.79 Å². The average molecular weight is 255 g/mol. The van der Waals surface area contributed by atoms with E-state index >= 15 is 0 Å². The Morgan fingerprint density at radius 2 is 2.29 bits per heavy atom. The third-order valence-electron chi connectivity index (χ3n) is 1.45. The maximum atomic E-state index is 11.0. The summed E-state index contributed by atoms with van der Waals surface area (Å²) < 4.78 is 0. The molecule has 14 heavy (non-hydrogen) atoms. The number of halogens is 1. The van der Waals surface area contributed by atoms with E-state index in [9.17, 15) is 4.79 Å². The molecule has 0 atom stereocenters. The van der Waals surface area contributed by atoms with E-state index in [1.807, 2.05) is 0 Å². The number of hydrogen-bond acceptors (Lipinski definition) is 2. The van der Waals surface area contributed by atoms with Crippen LogP contribution >= 0.6 is 15.9 Å². The molecule has 72 valence electrons. The third kappa shape index (κ3) is 2.76. The van der Waals surface area contributed by atoms with Gasteiger partial charge >= 0.3 is 0 Å². The SMILES string of the molecule is [N-]=[N+]=Nc1ccccc1NC(=O)CBr. The normalized spacial score (nSPS) is 8.93. The van der Waals surface area contributed by atoms with Gasteiger partial charge in [0, 0.05) is 4.91 Å². The molecule has 0 saturated heterocycles. The quantitative estimate of drug-likeness (QED) is 0.383. The molecule has 0 saturated carbocycles. The Labute approximate surface area is 88.9 Å². The van der Waals surface area contributed by atoms with Gasteiger partial charge < -0.3 is 5.32 Å². The molecule has 1 amide bonds. The van der Waals surface area contributed by atoms with E-state index in [0.29, 0.717) is 11.4 Å². The molecule has 0 radical (unpaired) electrons. The predicted octanol–water partition coefficient (Wildman–Crippen LogP) is 2.96. The fraction of sp³-hybridized carbons (Fsp3) is 0.125. The highest BCUT2D eigenvalue weighted by atomic mass is 79.9. The summed E-state index contributed by atoms with van der Waals surface area (Å²) in [5.74, 6) is -0.189. The molecule has 0 aliphatic carbocycles. The van der Waals surface area contributed by atoms with Crippen molar-refractivity contribution in [1.29, 1.82) is 0 Å². The van der Waals surface area contributed by atoms with Crippen LogP contribution in [0.5, 0.6) is 0 Å². The second kappa shape index (κ2) is 5.26. The Morgan fingerprint density at radius 3 is 2.93 bits per heavy atom. The van der Waals surface area contributed by atoms with Crippen molar-refractivity contribution in [2.24, 2.45) is 5.11 Å². The number of nitrogens with one attached hydrogen (secondary N) is 1. The number of nitrogens with zero attached hydrogens (tertiary/aromatic N) is 3. The third-order valence-corrected chi connectivity index (χ3v) is 1.96. The first-order valence-corrected chi connectivity index (χ1v) is 4.90. The van der Waals surface area contributed by atoms with Crippen LogP contribution in [-0.4, -0.2) is 11.2 Å². The molecule has 0 aliphatic heterocycles. The summed E-state index contributed by atoms with van der Waals surface area (Å²) >= 11 is 3.02. The van der Waals surface area contributed by atoms with Gasteiger partial charge in [-0.15, -0.1) is 0 Å². The maximum absolute atomic E-state index is 11.0. The Bertz CT molecular complexity index is 387. The van der Waals surface area contributed by atoms with Gasteiger partial charge in [0.05, 0.1) is 16.7 Å². The summed E-state index contributed by atoms with van der Waals surface area (Å²) in [6.45, 7) is 0. The lowest BCUT2D eigenvalue weighted by atomic mass is 10.3. The first-order valence-electron chi connectivity index (χ1n) is 3.78. The van der Waals surface area contributed by atoms with E-state index in [-0.39, 0.29) is 11.2 Å². The van der Waals surface area contributed by atoms with Gasteiger partial charge in [-0.3, -0.25) is 4.79 Å².